The van der Waals surface area contributed by atoms with Gasteiger partial charge in [0.2, 0.25) is 0 Å². The molecule has 126 valence electrons. The highest BCUT2D eigenvalue weighted by atomic mass is 16.5. The van der Waals surface area contributed by atoms with Gasteiger partial charge in [-0.05, 0) is 55.3 Å². The monoisotopic (exact) mass is 328 g/mol. The van der Waals surface area contributed by atoms with Gasteiger partial charge in [-0.3, -0.25) is 4.79 Å². The molecule has 2 aromatic carbocycles. The van der Waals surface area contributed by atoms with Gasteiger partial charge in [0.1, 0.15) is 17.5 Å². The maximum atomic E-state index is 12.4. The van der Waals surface area contributed by atoms with Gasteiger partial charge in [-0.15, -0.1) is 0 Å². The Kier molecular flexibility index (Phi) is 5.68. The number of ether oxygens (including phenoxy) is 1. The third-order valence-electron chi connectivity index (χ3n) is 3.46. The van der Waals surface area contributed by atoms with Crippen molar-refractivity contribution >= 4 is 11.8 Å². The van der Waals surface area contributed by atoms with Crippen molar-refractivity contribution in [3.63, 3.8) is 0 Å². The molecule has 2 rings (SSSR count). The molecule has 0 saturated heterocycles. The van der Waals surface area contributed by atoms with Crippen LogP contribution in [-0.2, 0) is 11.2 Å². The summed E-state index contributed by atoms with van der Waals surface area (Å²) in [6, 6.07) is 11.3. The van der Waals surface area contributed by atoms with E-state index in [1.54, 1.807) is 36.4 Å². The predicted molar refractivity (Wildman–Crippen MR) is 89.8 cm³/mol. The topological polar surface area (TPSA) is 116 Å². The lowest BCUT2D eigenvalue weighted by molar-refractivity contribution is -0.135. The number of phenols is 1. The Morgan fingerprint density at radius 2 is 1.62 bits per heavy atom. The van der Waals surface area contributed by atoms with Crippen LogP contribution in [0, 0.1) is 0 Å². The molecule has 0 unspecified atom stereocenters. The molecule has 0 amide bonds. The summed E-state index contributed by atoms with van der Waals surface area (Å²) in [4.78, 5) is 23.8. The van der Waals surface area contributed by atoms with E-state index in [0.717, 1.165) is 5.56 Å². The second-order valence-electron chi connectivity index (χ2n) is 5.58. The number of esters is 1. The van der Waals surface area contributed by atoms with Gasteiger partial charge < -0.3 is 21.3 Å². The summed E-state index contributed by atoms with van der Waals surface area (Å²) in [7, 11) is 0. The number of nitrogens with two attached hydrogens (primary N) is 2. The fourth-order valence-electron chi connectivity index (χ4n) is 2.09. The second-order valence-corrected chi connectivity index (χ2v) is 5.58. The number of carbonyl (C=O) groups excluding carboxylic acids is 2. The van der Waals surface area contributed by atoms with Gasteiger partial charge in [0.15, 0.2) is 5.78 Å². The molecule has 0 heterocycles. The summed E-state index contributed by atoms with van der Waals surface area (Å²) in [6.45, 7) is 1.53. The normalized spacial score (nSPS) is 13.1. The van der Waals surface area contributed by atoms with Crippen LogP contribution in [0.2, 0.25) is 0 Å². The first-order chi connectivity index (χ1) is 11.4. The lowest BCUT2D eigenvalue weighted by atomic mass is 9.98. The third-order valence-corrected chi connectivity index (χ3v) is 3.46. The lowest BCUT2D eigenvalue weighted by Crippen LogP contribution is -2.32. The van der Waals surface area contributed by atoms with Crippen molar-refractivity contribution in [3.8, 4) is 11.5 Å². The molecule has 5 N–H and O–H groups in total. The molecule has 24 heavy (non-hydrogen) atoms. The Morgan fingerprint density at radius 3 is 2.17 bits per heavy atom. The zero-order valence-electron chi connectivity index (χ0n) is 13.3. The van der Waals surface area contributed by atoms with Gasteiger partial charge in [-0.25, -0.2) is 4.79 Å². The minimum atomic E-state index is -0.718. The van der Waals surface area contributed by atoms with Crippen LogP contribution < -0.4 is 16.2 Å². The molecule has 0 aliphatic rings. The average Bonchev–Trinajstić information content (AvgIpc) is 2.56. The Hall–Kier alpha value is -2.70. The number of hydrogen-bond donors (Lipinski definition) is 3. The van der Waals surface area contributed by atoms with E-state index in [-0.39, 0.29) is 11.5 Å². The largest absolute Gasteiger partial charge is 0.508 e. The number of ketones is 1. The number of Topliss-reactive ketones (excluding diaryl/α,β-unsaturated/α-hetero) is 1. The molecule has 6 nitrogen and oxygen atoms in total. The molecular weight excluding hydrogens is 308 g/mol. The maximum absolute atomic E-state index is 12.4. The molecule has 6 heteroatoms. The number of benzene rings is 2. The van der Waals surface area contributed by atoms with E-state index in [4.69, 9.17) is 16.2 Å². The van der Waals surface area contributed by atoms with E-state index < -0.39 is 18.1 Å². The number of rotatable bonds is 6. The van der Waals surface area contributed by atoms with E-state index in [0.29, 0.717) is 17.7 Å². The van der Waals surface area contributed by atoms with Gasteiger partial charge in [0, 0.05) is 5.56 Å². The van der Waals surface area contributed by atoms with Crippen molar-refractivity contribution in [2.75, 3.05) is 0 Å². The number of hydrogen-bond acceptors (Lipinski definition) is 6. The summed E-state index contributed by atoms with van der Waals surface area (Å²) in [5.74, 6) is -0.275. The van der Waals surface area contributed by atoms with E-state index in [2.05, 4.69) is 0 Å². The standard InChI is InChI=1S/C18H20N2O4/c1-11(19)18(23)24-15-8-4-13(5-9-15)17(22)16(20)10-12-2-6-14(21)7-3-12/h2-9,11,16,21H,10,19-20H2,1H3/t11-,16-/m0/s1. The number of phenolic OH excluding ortho intramolecular Hbond substituents is 1. The molecule has 0 aliphatic carbocycles. The van der Waals surface area contributed by atoms with Gasteiger partial charge >= 0.3 is 5.97 Å². The van der Waals surface area contributed by atoms with Crippen LogP contribution in [0.4, 0.5) is 0 Å². The van der Waals surface area contributed by atoms with Gasteiger partial charge in [0.05, 0.1) is 6.04 Å². The Morgan fingerprint density at radius 1 is 1.04 bits per heavy atom. The summed E-state index contributed by atoms with van der Waals surface area (Å²) >= 11 is 0. The highest BCUT2D eigenvalue weighted by Gasteiger charge is 2.17. The quantitative estimate of drug-likeness (QED) is 0.419. The van der Waals surface area contributed by atoms with Crippen LogP contribution >= 0.6 is 0 Å². The number of aromatic hydroxyl groups is 1. The van der Waals surface area contributed by atoms with E-state index in [9.17, 15) is 14.7 Å². The SMILES string of the molecule is C[C@H](N)C(=O)Oc1ccc(C(=O)[C@@H](N)Cc2ccc(O)cc2)cc1. The summed E-state index contributed by atoms with van der Waals surface area (Å²) < 4.78 is 5.05. The van der Waals surface area contributed by atoms with Crippen LogP contribution in [0.1, 0.15) is 22.8 Å². The Bertz CT molecular complexity index is 709. The minimum Gasteiger partial charge on any atom is -0.508 e. The van der Waals surface area contributed by atoms with Crippen LogP contribution in [0.25, 0.3) is 0 Å². The first-order valence-corrected chi connectivity index (χ1v) is 7.52. The van der Waals surface area contributed by atoms with Crippen molar-refractivity contribution in [1.82, 2.24) is 0 Å². The van der Waals surface area contributed by atoms with Crippen molar-refractivity contribution in [1.29, 1.82) is 0 Å². The zero-order valence-corrected chi connectivity index (χ0v) is 13.3. The highest BCUT2D eigenvalue weighted by molar-refractivity contribution is 6.00. The van der Waals surface area contributed by atoms with E-state index in [1.807, 2.05) is 0 Å². The third kappa shape index (κ3) is 4.65. The van der Waals surface area contributed by atoms with Crippen LogP contribution in [0.5, 0.6) is 11.5 Å². The molecular formula is C18H20N2O4. The molecule has 2 atom stereocenters. The summed E-state index contributed by atoms with van der Waals surface area (Å²) in [5.41, 5.74) is 12.7. The van der Waals surface area contributed by atoms with Crippen LogP contribution in [-0.4, -0.2) is 28.9 Å². The smallest absolute Gasteiger partial charge is 0.328 e. The van der Waals surface area contributed by atoms with Gasteiger partial charge in [-0.1, -0.05) is 12.1 Å². The molecule has 0 saturated carbocycles. The predicted octanol–water partition coefficient (Wildman–Crippen LogP) is 1.40. The van der Waals surface area contributed by atoms with Crippen LogP contribution in [0.15, 0.2) is 48.5 Å². The van der Waals surface area contributed by atoms with Gasteiger partial charge in [0.25, 0.3) is 0 Å². The fourth-order valence-corrected chi connectivity index (χ4v) is 2.09. The van der Waals surface area contributed by atoms with E-state index in [1.165, 1.54) is 19.1 Å². The van der Waals surface area contributed by atoms with Gasteiger partial charge in [-0.2, -0.15) is 0 Å². The molecule has 0 radical (unpaired) electrons. The van der Waals surface area contributed by atoms with Crippen molar-refractivity contribution in [2.45, 2.75) is 25.4 Å². The Labute approximate surface area is 140 Å². The Balaban J connectivity index is 2.01. The van der Waals surface area contributed by atoms with Crippen molar-refractivity contribution in [2.24, 2.45) is 11.5 Å². The maximum Gasteiger partial charge on any atom is 0.328 e. The summed E-state index contributed by atoms with van der Waals surface area (Å²) in [5, 5.41) is 9.26. The molecule has 0 fully saturated rings. The highest BCUT2D eigenvalue weighted by Crippen LogP contribution is 2.16. The van der Waals surface area contributed by atoms with Crippen LogP contribution in [0.3, 0.4) is 0 Å². The second kappa shape index (κ2) is 7.72. The minimum absolute atomic E-state index is 0.163. The molecule has 0 spiro atoms. The van der Waals surface area contributed by atoms with Crippen molar-refractivity contribution in [3.05, 3.63) is 59.7 Å². The first kappa shape index (κ1) is 17.7. The van der Waals surface area contributed by atoms with E-state index >= 15 is 0 Å². The van der Waals surface area contributed by atoms with Crippen molar-refractivity contribution < 1.29 is 19.4 Å². The fraction of sp³-hybridized carbons (Fsp3) is 0.222. The first-order valence-electron chi connectivity index (χ1n) is 7.52. The molecule has 0 aromatic heterocycles. The lowest BCUT2D eigenvalue weighted by Gasteiger charge is -2.12. The summed E-state index contributed by atoms with van der Waals surface area (Å²) in [6.07, 6.45) is 0.362. The number of carbonyl (C=O) groups is 2. The molecule has 0 aliphatic heterocycles. The zero-order chi connectivity index (χ0) is 17.7. The molecule has 2 aromatic rings. The molecule has 0 bridgehead atoms. The average molecular weight is 328 g/mol.